The number of aryl methyl sites for hydroxylation is 1. The van der Waals surface area contributed by atoms with Crippen LogP contribution in [0.25, 0.3) is 0 Å². The summed E-state index contributed by atoms with van der Waals surface area (Å²) in [6.45, 7) is 5.05. The third-order valence-corrected chi connectivity index (χ3v) is 4.11. The highest BCUT2D eigenvalue weighted by atomic mass is 79.9. The molecule has 2 N–H and O–H groups in total. The first-order valence-corrected chi connectivity index (χ1v) is 8.24. The number of phenols is 1. The van der Waals surface area contributed by atoms with Gasteiger partial charge >= 0.3 is 0 Å². The van der Waals surface area contributed by atoms with Crippen LogP contribution in [0.15, 0.2) is 39.3 Å². The van der Waals surface area contributed by atoms with Gasteiger partial charge in [-0.15, -0.1) is 0 Å². The smallest absolute Gasteiger partial charge is 0.138 e. The number of phenolic OH excluding ortho intramolecular Hbond substituents is 1. The third kappa shape index (κ3) is 4.14. The largest absolute Gasteiger partial charge is 0.508 e. The lowest BCUT2D eigenvalue weighted by atomic mass is 10.1. The number of ether oxygens (including phenoxy) is 1. The molecule has 0 aliphatic carbocycles. The van der Waals surface area contributed by atoms with E-state index in [1.807, 2.05) is 38.1 Å². The topological polar surface area (TPSA) is 41.5 Å². The van der Waals surface area contributed by atoms with Crippen LogP contribution in [-0.2, 0) is 6.54 Å². The highest BCUT2D eigenvalue weighted by Gasteiger charge is 2.10. The molecule has 21 heavy (non-hydrogen) atoms. The lowest BCUT2D eigenvalue weighted by molar-refractivity contribution is 0.334. The van der Waals surface area contributed by atoms with Crippen molar-refractivity contribution in [3.05, 3.63) is 50.4 Å². The van der Waals surface area contributed by atoms with Gasteiger partial charge in [-0.05, 0) is 53.5 Å². The molecule has 0 unspecified atom stereocenters. The van der Waals surface area contributed by atoms with Crippen LogP contribution in [0.3, 0.4) is 0 Å². The molecule has 5 heteroatoms. The van der Waals surface area contributed by atoms with Crippen LogP contribution in [0.1, 0.15) is 18.1 Å². The number of rotatable bonds is 5. The van der Waals surface area contributed by atoms with Crippen molar-refractivity contribution in [3.8, 4) is 11.5 Å². The summed E-state index contributed by atoms with van der Waals surface area (Å²) in [5, 5.41) is 13.0. The Morgan fingerprint density at radius 3 is 2.62 bits per heavy atom. The summed E-state index contributed by atoms with van der Waals surface area (Å²) in [5.74, 6) is 1.13. The predicted molar refractivity (Wildman–Crippen MR) is 93.2 cm³/mol. The van der Waals surface area contributed by atoms with Crippen molar-refractivity contribution < 1.29 is 9.84 Å². The fraction of sp³-hybridized carbons (Fsp3) is 0.250. The van der Waals surface area contributed by atoms with Gasteiger partial charge in [0, 0.05) is 28.3 Å². The Morgan fingerprint density at radius 2 is 1.95 bits per heavy atom. The van der Waals surface area contributed by atoms with Crippen molar-refractivity contribution in [2.24, 2.45) is 0 Å². The molecule has 0 heterocycles. The van der Waals surface area contributed by atoms with E-state index in [2.05, 4.69) is 37.2 Å². The Labute approximate surface area is 141 Å². The number of aromatic hydroxyl groups is 1. The van der Waals surface area contributed by atoms with E-state index in [0.717, 1.165) is 31.5 Å². The van der Waals surface area contributed by atoms with Crippen molar-refractivity contribution in [1.29, 1.82) is 0 Å². The van der Waals surface area contributed by atoms with Crippen LogP contribution >= 0.6 is 31.9 Å². The molecule has 0 radical (unpaired) electrons. The molecule has 0 amide bonds. The summed E-state index contributed by atoms with van der Waals surface area (Å²) in [6, 6.07) is 9.55. The first-order chi connectivity index (χ1) is 10.0. The van der Waals surface area contributed by atoms with Crippen LogP contribution < -0.4 is 10.1 Å². The number of hydrogen-bond donors (Lipinski definition) is 2. The van der Waals surface area contributed by atoms with Gasteiger partial charge in [0.1, 0.15) is 11.5 Å². The molecule has 3 nitrogen and oxygen atoms in total. The van der Waals surface area contributed by atoms with Crippen LogP contribution in [0.2, 0.25) is 0 Å². The second-order valence-corrected chi connectivity index (χ2v) is 6.43. The lowest BCUT2D eigenvalue weighted by Gasteiger charge is -2.14. The number of anilines is 1. The predicted octanol–water partition coefficient (Wildman–Crippen LogP) is 5.24. The molecule has 0 aliphatic rings. The van der Waals surface area contributed by atoms with Crippen LogP contribution in [-0.4, -0.2) is 11.7 Å². The summed E-state index contributed by atoms with van der Waals surface area (Å²) in [4.78, 5) is 0. The molecule has 0 fully saturated rings. The molecule has 0 atom stereocenters. The van der Waals surface area contributed by atoms with Crippen LogP contribution in [0.4, 0.5) is 5.69 Å². The van der Waals surface area contributed by atoms with Crippen molar-refractivity contribution in [2.45, 2.75) is 20.4 Å². The summed E-state index contributed by atoms with van der Waals surface area (Å²) < 4.78 is 7.60. The Kier molecular flexibility index (Phi) is 5.53. The van der Waals surface area contributed by atoms with E-state index in [1.54, 1.807) is 6.07 Å². The van der Waals surface area contributed by atoms with Gasteiger partial charge in [0.2, 0.25) is 0 Å². The number of hydrogen-bond acceptors (Lipinski definition) is 3. The fourth-order valence-corrected chi connectivity index (χ4v) is 3.40. The Morgan fingerprint density at radius 1 is 1.19 bits per heavy atom. The summed E-state index contributed by atoms with van der Waals surface area (Å²) in [5.41, 5.74) is 2.77. The first kappa shape index (κ1) is 16.2. The van der Waals surface area contributed by atoms with E-state index in [-0.39, 0.29) is 0 Å². The molecule has 0 aliphatic heterocycles. The van der Waals surface area contributed by atoms with Gasteiger partial charge in [0.25, 0.3) is 0 Å². The molecule has 2 rings (SSSR count). The van der Waals surface area contributed by atoms with Crippen molar-refractivity contribution >= 4 is 37.5 Å². The zero-order chi connectivity index (χ0) is 15.4. The minimum atomic E-state index is 0.292. The highest BCUT2D eigenvalue weighted by Crippen LogP contribution is 2.33. The van der Waals surface area contributed by atoms with Crippen molar-refractivity contribution in [3.63, 3.8) is 0 Å². The maximum absolute atomic E-state index is 9.74. The van der Waals surface area contributed by atoms with E-state index in [4.69, 9.17) is 4.74 Å². The number of nitrogens with one attached hydrogen (secondary N) is 1. The number of benzene rings is 2. The van der Waals surface area contributed by atoms with Gasteiger partial charge in [0.15, 0.2) is 0 Å². The standard InChI is InChI=1S/C16H17Br2NO2/c1-3-21-16-11(6-12(17)7-14(16)18)9-19-13-5-4-10(2)15(20)8-13/h4-8,19-20H,3,9H2,1-2H3. The molecule has 0 spiro atoms. The van der Waals surface area contributed by atoms with E-state index in [0.29, 0.717) is 18.9 Å². The maximum atomic E-state index is 9.74. The highest BCUT2D eigenvalue weighted by molar-refractivity contribution is 9.11. The quantitative estimate of drug-likeness (QED) is 0.703. The van der Waals surface area contributed by atoms with Gasteiger partial charge in [-0.3, -0.25) is 0 Å². The van der Waals surface area contributed by atoms with Crippen molar-refractivity contribution in [1.82, 2.24) is 0 Å². The maximum Gasteiger partial charge on any atom is 0.138 e. The van der Waals surface area contributed by atoms with Gasteiger partial charge < -0.3 is 15.2 Å². The van der Waals surface area contributed by atoms with Crippen LogP contribution in [0.5, 0.6) is 11.5 Å². The molecule has 0 bridgehead atoms. The van der Waals surface area contributed by atoms with Gasteiger partial charge in [-0.25, -0.2) is 0 Å². The van der Waals surface area contributed by atoms with Gasteiger partial charge in [0.05, 0.1) is 11.1 Å². The third-order valence-electron chi connectivity index (χ3n) is 3.07. The summed E-state index contributed by atoms with van der Waals surface area (Å²) >= 11 is 7.02. The average Bonchev–Trinajstić information content (AvgIpc) is 2.43. The molecule has 0 saturated carbocycles. The Hall–Kier alpha value is -1.20. The summed E-state index contributed by atoms with van der Waals surface area (Å²) in [7, 11) is 0. The van der Waals surface area contributed by atoms with Crippen LogP contribution in [0, 0.1) is 6.92 Å². The van der Waals surface area contributed by atoms with Gasteiger partial charge in [-0.2, -0.15) is 0 Å². The minimum absolute atomic E-state index is 0.292. The average molecular weight is 415 g/mol. The molecule has 0 aromatic heterocycles. The second-order valence-electron chi connectivity index (χ2n) is 4.66. The van der Waals surface area contributed by atoms with E-state index < -0.39 is 0 Å². The Balaban J connectivity index is 2.20. The first-order valence-electron chi connectivity index (χ1n) is 6.65. The SMILES string of the molecule is CCOc1c(Br)cc(Br)cc1CNc1ccc(C)c(O)c1. The molecule has 112 valence electrons. The van der Waals surface area contributed by atoms with E-state index in [1.165, 1.54) is 0 Å². The Bertz CT molecular complexity index is 644. The lowest BCUT2D eigenvalue weighted by Crippen LogP contribution is -2.04. The van der Waals surface area contributed by atoms with E-state index in [9.17, 15) is 5.11 Å². The molecule has 2 aromatic rings. The number of halogens is 2. The molecule has 0 saturated heterocycles. The van der Waals surface area contributed by atoms with E-state index >= 15 is 0 Å². The van der Waals surface area contributed by atoms with Crippen molar-refractivity contribution in [2.75, 3.05) is 11.9 Å². The monoisotopic (exact) mass is 413 g/mol. The summed E-state index contributed by atoms with van der Waals surface area (Å²) in [6.07, 6.45) is 0. The second kappa shape index (κ2) is 7.18. The molecular weight excluding hydrogens is 398 g/mol. The zero-order valence-electron chi connectivity index (χ0n) is 11.9. The molecular formula is C16H17Br2NO2. The minimum Gasteiger partial charge on any atom is -0.508 e. The normalized spacial score (nSPS) is 10.5. The van der Waals surface area contributed by atoms with Gasteiger partial charge in [-0.1, -0.05) is 22.0 Å². The fourth-order valence-electron chi connectivity index (χ4n) is 1.97. The molecule has 2 aromatic carbocycles. The zero-order valence-corrected chi connectivity index (χ0v) is 15.1.